The maximum absolute atomic E-state index is 11.3. The Balaban J connectivity index is 3.17. The number of hydrogen-bond acceptors (Lipinski definition) is 2. The lowest BCUT2D eigenvalue weighted by Gasteiger charge is -2.12. The summed E-state index contributed by atoms with van der Waals surface area (Å²) in [7, 11) is 0. The van der Waals surface area contributed by atoms with E-state index in [1.807, 2.05) is 0 Å². The van der Waals surface area contributed by atoms with Crippen molar-refractivity contribution in [2.24, 2.45) is 0 Å². The van der Waals surface area contributed by atoms with Crippen molar-refractivity contribution in [1.82, 2.24) is 0 Å². The molecule has 1 N–H and O–H groups in total. The first-order valence-electron chi connectivity index (χ1n) is 4.56. The van der Waals surface area contributed by atoms with Crippen molar-refractivity contribution in [2.45, 2.75) is 18.2 Å². The zero-order valence-corrected chi connectivity index (χ0v) is 10.9. The van der Waals surface area contributed by atoms with Crippen molar-refractivity contribution in [2.75, 3.05) is 0 Å². The average molecular weight is 306 g/mol. The Kier molecular flexibility index (Phi) is 4.50. The first kappa shape index (κ1) is 13.2. The van der Waals surface area contributed by atoms with Gasteiger partial charge >= 0.3 is 5.97 Å². The van der Waals surface area contributed by atoms with Crippen LogP contribution in [0.25, 0.3) is 0 Å². The van der Waals surface area contributed by atoms with E-state index < -0.39 is 10.8 Å². The van der Waals surface area contributed by atoms with Gasteiger partial charge in [-0.1, -0.05) is 33.6 Å². The van der Waals surface area contributed by atoms with E-state index >= 15 is 0 Å². The van der Waals surface area contributed by atoms with Gasteiger partial charge in [-0.15, -0.1) is 0 Å². The molecule has 1 aromatic rings. The number of carbonyl (C=O) groups is 2. The molecule has 0 saturated heterocycles. The first-order valence-corrected chi connectivity index (χ1v) is 5.86. The highest BCUT2D eigenvalue weighted by Crippen LogP contribution is 2.29. The molecule has 0 aromatic heterocycles. The minimum atomic E-state index is -0.938. The number of benzene rings is 1. The number of carbonyl (C=O) groups excluding carboxylic acids is 1. The molecule has 0 spiro atoms. The van der Waals surface area contributed by atoms with Gasteiger partial charge in [0, 0.05) is 5.02 Å². The van der Waals surface area contributed by atoms with Crippen molar-refractivity contribution in [1.29, 1.82) is 0 Å². The predicted octanol–water partition coefficient (Wildman–Crippen LogP) is 2.99. The van der Waals surface area contributed by atoms with E-state index in [1.54, 1.807) is 18.2 Å². The number of carboxylic acid groups (broad SMARTS) is 1. The summed E-state index contributed by atoms with van der Waals surface area (Å²) in [6.45, 7) is 1.44. The monoisotopic (exact) mass is 304 g/mol. The Labute approximate surface area is 107 Å². The second-order valence-corrected chi connectivity index (χ2v) is 4.74. The molecule has 16 heavy (non-hydrogen) atoms. The van der Waals surface area contributed by atoms with E-state index in [9.17, 15) is 9.59 Å². The Morgan fingerprint density at radius 3 is 2.62 bits per heavy atom. The normalized spacial score (nSPS) is 12.2. The van der Waals surface area contributed by atoms with Gasteiger partial charge in [0.25, 0.3) is 0 Å². The van der Waals surface area contributed by atoms with Crippen molar-refractivity contribution in [3.8, 4) is 0 Å². The highest BCUT2D eigenvalue weighted by Gasteiger charge is 2.18. The quantitative estimate of drug-likeness (QED) is 0.870. The molecule has 5 heteroatoms. The van der Waals surface area contributed by atoms with Crippen molar-refractivity contribution >= 4 is 39.3 Å². The molecule has 1 aromatic carbocycles. The van der Waals surface area contributed by atoms with E-state index in [0.29, 0.717) is 16.1 Å². The molecule has 0 aliphatic heterocycles. The Morgan fingerprint density at radius 2 is 2.12 bits per heavy atom. The largest absolute Gasteiger partial charge is 0.481 e. The third-order valence-corrected chi connectivity index (χ3v) is 3.45. The second kappa shape index (κ2) is 5.46. The fourth-order valence-electron chi connectivity index (χ4n) is 1.34. The smallest absolute Gasteiger partial charge is 0.307 e. The van der Waals surface area contributed by atoms with Crippen LogP contribution in [0.3, 0.4) is 0 Å². The lowest BCUT2D eigenvalue weighted by molar-refractivity contribution is -0.136. The lowest BCUT2D eigenvalue weighted by atomic mass is 10.0. The number of ketones is 1. The Bertz CT molecular complexity index is 431. The van der Waals surface area contributed by atoms with Crippen molar-refractivity contribution in [3.05, 3.63) is 34.3 Å². The third kappa shape index (κ3) is 3.32. The zero-order chi connectivity index (χ0) is 12.3. The van der Waals surface area contributed by atoms with Gasteiger partial charge < -0.3 is 5.11 Å². The Morgan fingerprint density at radius 1 is 1.50 bits per heavy atom. The van der Waals surface area contributed by atoms with Crippen LogP contribution in [0, 0.1) is 0 Å². The molecular weight excluding hydrogens is 295 g/mol. The summed E-state index contributed by atoms with van der Waals surface area (Å²) in [5, 5.41) is 9.23. The maximum atomic E-state index is 11.3. The van der Waals surface area contributed by atoms with Crippen LogP contribution >= 0.6 is 27.5 Å². The fraction of sp³-hybridized carbons (Fsp3) is 0.273. The van der Waals surface area contributed by atoms with Gasteiger partial charge in [0.15, 0.2) is 0 Å². The molecule has 1 atom stereocenters. The number of Topliss-reactive ketones (excluding diaryl/α,β-unsaturated/α-hetero) is 1. The summed E-state index contributed by atoms with van der Waals surface area (Å²) in [6, 6.07) is 4.85. The molecule has 3 nitrogen and oxygen atoms in total. The molecule has 1 unspecified atom stereocenters. The van der Waals surface area contributed by atoms with Crippen LogP contribution < -0.4 is 0 Å². The molecule has 86 valence electrons. The minimum Gasteiger partial charge on any atom is -0.481 e. The molecule has 0 radical (unpaired) electrons. The highest BCUT2D eigenvalue weighted by molar-refractivity contribution is 9.09. The van der Waals surface area contributed by atoms with Crippen LogP contribution in [0.1, 0.15) is 22.9 Å². The number of rotatable bonds is 4. The minimum absolute atomic E-state index is 0.0890. The van der Waals surface area contributed by atoms with Gasteiger partial charge in [-0.3, -0.25) is 9.59 Å². The molecule has 0 bridgehead atoms. The van der Waals surface area contributed by atoms with Gasteiger partial charge in [-0.25, -0.2) is 0 Å². The van der Waals surface area contributed by atoms with E-state index in [1.165, 1.54) is 6.92 Å². The van der Waals surface area contributed by atoms with E-state index in [2.05, 4.69) is 15.9 Å². The lowest BCUT2D eigenvalue weighted by Crippen LogP contribution is -2.08. The number of alkyl halides is 1. The molecule has 0 heterocycles. The van der Waals surface area contributed by atoms with Gasteiger partial charge in [0.1, 0.15) is 5.78 Å². The molecule has 0 saturated carbocycles. The molecule has 0 fully saturated rings. The average Bonchev–Trinajstić information content (AvgIpc) is 2.18. The Hall–Kier alpha value is -0.870. The summed E-state index contributed by atoms with van der Waals surface area (Å²) >= 11 is 9.05. The summed E-state index contributed by atoms with van der Waals surface area (Å²) in [6.07, 6.45) is -0.123. The summed E-state index contributed by atoms with van der Waals surface area (Å²) in [4.78, 5) is 21.4. The van der Waals surface area contributed by atoms with Crippen LogP contribution in [0.15, 0.2) is 18.2 Å². The third-order valence-electron chi connectivity index (χ3n) is 2.08. The van der Waals surface area contributed by atoms with Crippen LogP contribution in [-0.4, -0.2) is 16.9 Å². The number of carboxylic acids is 1. The van der Waals surface area contributed by atoms with Gasteiger partial charge in [-0.05, 0) is 30.2 Å². The highest BCUT2D eigenvalue weighted by atomic mass is 79.9. The standard InChI is InChI=1S/C11H10BrClO3/c1-6(14)11(12)9-5-8(13)3-2-7(9)4-10(15)16/h2-3,5,11H,4H2,1H3,(H,15,16). The molecule has 0 aliphatic rings. The van der Waals surface area contributed by atoms with Crippen LogP contribution in [0.5, 0.6) is 0 Å². The van der Waals surface area contributed by atoms with Gasteiger partial charge in [0.05, 0.1) is 11.2 Å². The van der Waals surface area contributed by atoms with Crippen LogP contribution in [-0.2, 0) is 16.0 Å². The summed E-state index contributed by atoms with van der Waals surface area (Å²) in [5.74, 6) is -1.03. The summed E-state index contributed by atoms with van der Waals surface area (Å²) < 4.78 is 0. The van der Waals surface area contributed by atoms with E-state index in [4.69, 9.17) is 16.7 Å². The topological polar surface area (TPSA) is 54.4 Å². The second-order valence-electron chi connectivity index (χ2n) is 3.39. The number of hydrogen-bond donors (Lipinski definition) is 1. The number of halogens is 2. The van der Waals surface area contributed by atoms with Crippen LogP contribution in [0.4, 0.5) is 0 Å². The number of aliphatic carboxylic acids is 1. The zero-order valence-electron chi connectivity index (χ0n) is 8.54. The van der Waals surface area contributed by atoms with Crippen molar-refractivity contribution in [3.63, 3.8) is 0 Å². The van der Waals surface area contributed by atoms with Crippen molar-refractivity contribution < 1.29 is 14.7 Å². The van der Waals surface area contributed by atoms with Crippen LogP contribution in [0.2, 0.25) is 5.02 Å². The molecule has 1 rings (SSSR count). The van der Waals surface area contributed by atoms with E-state index in [0.717, 1.165) is 0 Å². The SMILES string of the molecule is CC(=O)C(Br)c1cc(Cl)ccc1CC(=O)O. The molecular formula is C11H10BrClO3. The molecule has 0 amide bonds. The molecule has 0 aliphatic carbocycles. The fourth-order valence-corrected chi connectivity index (χ4v) is 1.95. The maximum Gasteiger partial charge on any atom is 0.307 e. The first-order chi connectivity index (χ1) is 7.41. The van der Waals surface area contributed by atoms with E-state index in [-0.39, 0.29) is 12.2 Å². The van der Waals surface area contributed by atoms with Gasteiger partial charge in [-0.2, -0.15) is 0 Å². The predicted molar refractivity (Wildman–Crippen MR) is 65.1 cm³/mol. The van der Waals surface area contributed by atoms with Gasteiger partial charge in [0.2, 0.25) is 0 Å². The summed E-state index contributed by atoms with van der Waals surface area (Å²) in [5.41, 5.74) is 1.20.